The van der Waals surface area contributed by atoms with Gasteiger partial charge in [0.1, 0.15) is 5.76 Å². The molecule has 1 aliphatic heterocycles. The molecule has 0 aromatic rings. The number of rotatable bonds is 6. The summed E-state index contributed by atoms with van der Waals surface area (Å²) in [6, 6.07) is 0. The predicted octanol–water partition coefficient (Wildman–Crippen LogP) is 4.68. The Bertz CT molecular complexity index is 469. The maximum atomic E-state index is 10.0. The number of aliphatic hydroxyl groups is 1. The summed E-state index contributed by atoms with van der Waals surface area (Å²) in [4.78, 5) is 0. The third-order valence-electron chi connectivity index (χ3n) is 4.26. The third-order valence-corrected chi connectivity index (χ3v) is 4.26. The molecule has 0 atom stereocenters. The average molecular weight is 308 g/mol. The predicted molar refractivity (Wildman–Crippen MR) is 90.3 cm³/mol. The van der Waals surface area contributed by atoms with Crippen LogP contribution in [0.4, 0.5) is 0 Å². The van der Waals surface area contributed by atoms with Gasteiger partial charge in [-0.3, -0.25) is 0 Å². The molecule has 0 unspecified atom stereocenters. The van der Waals surface area contributed by atoms with Crippen LogP contribution in [0.1, 0.15) is 61.3 Å². The number of allylic oxidation sites excluding steroid dienone is 5. The van der Waals surface area contributed by atoms with E-state index in [0.717, 1.165) is 12.2 Å². The van der Waals surface area contributed by atoms with Gasteiger partial charge in [0.15, 0.2) is 0 Å². The Hall–Kier alpha value is -1.20. The van der Waals surface area contributed by atoms with Gasteiger partial charge in [-0.2, -0.15) is 0 Å². The quantitative estimate of drug-likeness (QED) is 0.439. The largest absolute Gasteiger partial charge is 0.513 e. The second kappa shape index (κ2) is 6.92. The third kappa shape index (κ3) is 4.17. The van der Waals surface area contributed by atoms with E-state index in [-0.39, 0.29) is 5.76 Å². The Balaban J connectivity index is 3.07. The van der Waals surface area contributed by atoms with Gasteiger partial charge in [-0.15, -0.1) is 0 Å². The molecule has 0 aromatic carbocycles. The number of hydrogen-bond donors (Lipinski definition) is 1. The van der Waals surface area contributed by atoms with E-state index in [0.29, 0.717) is 17.7 Å². The molecular formula is C17H29BO4. The molecule has 22 heavy (non-hydrogen) atoms. The van der Waals surface area contributed by atoms with Crippen molar-refractivity contribution >= 4 is 7.12 Å². The molecule has 1 fully saturated rings. The molecule has 5 heteroatoms. The minimum Gasteiger partial charge on any atom is -0.513 e. The fourth-order valence-corrected chi connectivity index (χ4v) is 1.95. The first kappa shape index (κ1) is 18.9. The summed E-state index contributed by atoms with van der Waals surface area (Å²) < 4.78 is 17.7. The maximum Gasteiger partial charge on any atom is 0.498 e. The van der Waals surface area contributed by atoms with Gasteiger partial charge >= 0.3 is 7.12 Å². The van der Waals surface area contributed by atoms with E-state index in [1.165, 1.54) is 0 Å². The Labute approximate surface area is 135 Å². The van der Waals surface area contributed by atoms with Crippen molar-refractivity contribution in [2.24, 2.45) is 0 Å². The fourth-order valence-electron chi connectivity index (χ4n) is 1.95. The second-order valence-corrected chi connectivity index (χ2v) is 6.59. The lowest BCUT2D eigenvalue weighted by Crippen LogP contribution is -2.41. The molecule has 1 rings (SSSR count). The summed E-state index contributed by atoms with van der Waals surface area (Å²) in [7, 11) is -0.616. The molecule has 4 nitrogen and oxygen atoms in total. The first-order valence-corrected chi connectivity index (χ1v) is 7.85. The molecule has 0 radical (unpaired) electrons. The van der Waals surface area contributed by atoms with Gasteiger partial charge in [0.25, 0.3) is 0 Å². The van der Waals surface area contributed by atoms with E-state index in [4.69, 9.17) is 14.0 Å². The lowest BCUT2D eigenvalue weighted by atomic mass is 9.76. The highest BCUT2D eigenvalue weighted by Crippen LogP contribution is 2.39. The molecule has 1 heterocycles. The van der Waals surface area contributed by atoms with E-state index in [1.54, 1.807) is 13.0 Å². The standard InChI is InChI=1S/C17H29BO4/c1-9-12(3)20-14(10-2)11-15(13(4)19)18-21-16(5,6)17(7,8)22-18/h11,19H,3,9-10H2,1-2,4-8H3/b14-11+,15-13-. The molecule has 0 spiro atoms. The van der Waals surface area contributed by atoms with Gasteiger partial charge in [-0.1, -0.05) is 20.4 Å². The number of hydrogen-bond acceptors (Lipinski definition) is 4. The number of ether oxygens (including phenoxy) is 1. The Morgan fingerprint density at radius 2 is 1.64 bits per heavy atom. The summed E-state index contributed by atoms with van der Waals surface area (Å²) in [5.74, 6) is 1.58. The highest BCUT2D eigenvalue weighted by atomic mass is 16.7. The van der Waals surface area contributed by atoms with E-state index in [9.17, 15) is 5.11 Å². The molecule has 0 amide bonds. The minimum atomic E-state index is -0.616. The molecule has 0 saturated carbocycles. The second-order valence-electron chi connectivity index (χ2n) is 6.59. The van der Waals surface area contributed by atoms with E-state index in [2.05, 4.69) is 6.58 Å². The number of aliphatic hydroxyl groups excluding tert-OH is 1. The molecule has 1 aliphatic rings. The maximum absolute atomic E-state index is 10.0. The Morgan fingerprint density at radius 1 is 1.14 bits per heavy atom. The van der Waals surface area contributed by atoms with Crippen molar-refractivity contribution in [2.75, 3.05) is 0 Å². The molecule has 124 valence electrons. The van der Waals surface area contributed by atoms with Gasteiger partial charge in [0.2, 0.25) is 0 Å². The zero-order valence-electron chi connectivity index (χ0n) is 14.9. The van der Waals surface area contributed by atoms with E-state index in [1.807, 2.05) is 41.5 Å². The smallest absolute Gasteiger partial charge is 0.498 e. The van der Waals surface area contributed by atoms with Crippen molar-refractivity contribution < 1.29 is 19.2 Å². The van der Waals surface area contributed by atoms with Crippen LogP contribution in [-0.2, 0) is 14.0 Å². The molecule has 1 saturated heterocycles. The Kier molecular flexibility index (Phi) is 5.93. The molecule has 0 aromatic heterocycles. The summed E-state index contributed by atoms with van der Waals surface area (Å²) in [5.41, 5.74) is -0.321. The zero-order valence-corrected chi connectivity index (χ0v) is 14.9. The van der Waals surface area contributed by atoms with Crippen LogP contribution < -0.4 is 0 Å². The van der Waals surface area contributed by atoms with Crippen molar-refractivity contribution in [3.63, 3.8) is 0 Å². The summed E-state index contributed by atoms with van der Waals surface area (Å²) in [5, 5.41) is 10.0. The topological polar surface area (TPSA) is 47.9 Å². The summed E-state index contributed by atoms with van der Waals surface area (Å²) in [6.45, 7) is 17.4. The van der Waals surface area contributed by atoms with Gasteiger partial charge in [0.05, 0.1) is 22.7 Å². The van der Waals surface area contributed by atoms with Gasteiger partial charge < -0.3 is 19.2 Å². The van der Waals surface area contributed by atoms with Crippen molar-refractivity contribution in [1.82, 2.24) is 0 Å². The van der Waals surface area contributed by atoms with Crippen LogP contribution in [0.2, 0.25) is 0 Å². The molecule has 0 bridgehead atoms. The molecule has 0 aliphatic carbocycles. The Morgan fingerprint density at radius 3 is 2.00 bits per heavy atom. The van der Waals surface area contributed by atoms with Crippen LogP contribution in [0.3, 0.4) is 0 Å². The lowest BCUT2D eigenvalue weighted by molar-refractivity contribution is 0.00578. The highest BCUT2D eigenvalue weighted by molar-refractivity contribution is 6.55. The van der Waals surface area contributed by atoms with Crippen LogP contribution in [0.25, 0.3) is 0 Å². The minimum absolute atomic E-state index is 0.162. The van der Waals surface area contributed by atoms with Gasteiger partial charge in [-0.25, -0.2) is 0 Å². The van der Waals surface area contributed by atoms with Crippen molar-refractivity contribution in [3.05, 3.63) is 35.4 Å². The van der Waals surface area contributed by atoms with Crippen molar-refractivity contribution in [1.29, 1.82) is 0 Å². The fraction of sp³-hybridized carbons (Fsp3) is 0.647. The van der Waals surface area contributed by atoms with Crippen LogP contribution in [0.5, 0.6) is 0 Å². The van der Waals surface area contributed by atoms with Crippen LogP contribution in [0, 0.1) is 0 Å². The van der Waals surface area contributed by atoms with Crippen LogP contribution in [0.15, 0.2) is 35.4 Å². The first-order valence-electron chi connectivity index (χ1n) is 7.85. The molecular weight excluding hydrogens is 279 g/mol. The van der Waals surface area contributed by atoms with Gasteiger partial charge in [-0.05, 0) is 40.7 Å². The van der Waals surface area contributed by atoms with Crippen LogP contribution >= 0.6 is 0 Å². The van der Waals surface area contributed by atoms with Crippen LogP contribution in [-0.4, -0.2) is 23.4 Å². The zero-order chi connectivity index (χ0) is 17.1. The van der Waals surface area contributed by atoms with E-state index < -0.39 is 18.3 Å². The average Bonchev–Trinajstić information content (AvgIpc) is 2.62. The highest BCUT2D eigenvalue weighted by Gasteiger charge is 2.52. The normalized spacial score (nSPS) is 21.6. The lowest BCUT2D eigenvalue weighted by Gasteiger charge is -2.32. The SMILES string of the molecule is C=C(CC)O/C(=C/C(B1OC(C)(C)C(C)(C)O1)=C(\C)O)CC. The molecule has 1 N–H and O–H groups in total. The van der Waals surface area contributed by atoms with E-state index >= 15 is 0 Å². The summed E-state index contributed by atoms with van der Waals surface area (Å²) in [6.07, 6.45) is 3.22. The first-order chi connectivity index (χ1) is 10.0. The summed E-state index contributed by atoms with van der Waals surface area (Å²) >= 11 is 0. The monoisotopic (exact) mass is 308 g/mol. The van der Waals surface area contributed by atoms with Crippen molar-refractivity contribution in [3.8, 4) is 0 Å². The van der Waals surface area contributed by atoms with Crippen molar-refractivity contribution in [2.45, 2.75) is 72.5 Å². The van der Waals surface area contributed by atoms with Gasteiger partial charge in [0, 0.05) is 18.3 Å².